The highest BCUT2D eigenvalue weighted by atomic mass is 32.2. The minimum atomic E-state index is -3.90. The molecule has 2 fully saturated rings. The Labute approximate surface area is 189 Å². The van der Waals surface area contributed by atoms with Crippen molar-refractivity contribution in [1.29, 1.82) is 0 Å². The number of carbonyl (C=O) groups is 1. The summed E-state index contributed by atoms with van der Waals surface area (Å²) in [6, 6.07) is 8.08. The van der Waals surface area contributed by atoms with Crippen molar-refractivity contribution in [3.05, 3.63) is 47.7 Å². The standard InChI is InChI=1S/C23H30N4O4S/c1-17-7-2-3-9-21(17)32(30,31)25-20-13-19(23(28)29)14-24-22(20)27-12-6-8-18(16-27)15-26-10-4-5-11-26/h2-3,7,9,13-14,18,25H,4-6,8,10-12,15-16H2,1H3,(H,28,29)/t18-/m1/s1. The number of pyridine rings is 1. The van der Waals surface area contributed by atoms with E-state index in [2.05, 4.69) is 19.5 Å². The Morgan fingerprint density at radius 2 is 1.94 bits per heavy atom. The number of likely N-dealkylation sites (tertiary alicyclic amines) is 1. The maximum absolute atomic E-state index is 13.1. The Balaban J connectivity index is 1.62. The number of hydrogen-bond acceptors (Lipinski definition) is 6. The van der Waals surface area contributed by atoms with Gasteiger partial charge in [0.2, 0.25) is 0 Å². The van der Waals surface area contributed by atoms with Crippen LogP contribution < -0.4 is 9.62 Å². The number of anilines is 2. The van der Waals surface area contributed by atoms with E-state index in [1.165, 1.54) is 25.1 Å². The molecule has 0 radical (unpaired) electrons. The first kappa shape index (κ1) is 22.5. The summed E-state index contributed by atoms with van der Waals surface area (Å²) in [6.45, 7) is 6.58. The molecule has 2 aliphatic rings. The van der Waals surface area contributed by atoms with Crippen molar-refractivity contribution >= 4 is 27.5 Å². The zero-order valence-electron chi connectivity index (χ0n) is 18.3. The van der Waals surface area contributed by atoms with E-state index < -0.39 is 16.0 Å². The average molecular weight is 459 g/mol. The molecule has 0 amide bonds. The Bertz CT molecular complexity index is 1080. The second-order valence-electron chi connectivity index (χ2n) is 8.73. The highest BCUT2D eigenvalue weighted by Gasteiger charge is 2.27. The van der Waals surface area contributed by atoms with Crippen molar-refractivity contribution in [3.8, 4) is 0 Å². The zero-order valence-corrected chi connectivity index (χ0v) is 19.1. The topological polar surface area (TPSA) is 103 Å². The zero-order chi connectivity index (χ0) is 22.7. The first-order valence-corrected chi connectivity index (χ1v) is 12.6. The molecule has 0 spiro atoms. The van der Waals surface area contributed by atoms with Gasteiger partial charge in [-0.15, -0.1) is 0 Å². The van der Waals surface area contributed by atoms with Crippen LogP contribution in [-0.4, -0.2) is 62.1 Å². The molecule has 9 heteroatoms. The third-order valence-corrected chi connectivity index (χ3v) is 7.80. The van der Waals surface area contributed by atoms with Gasteiger partial charge in [0.25, 0.3) is 10.0 Å². The van der Waals surface area contributed by atoms with Gasteiger partial charge < -0.3 is 14.9 Å². The van der Waals surface area contributed by atoms with Gasteiger partial charge in [-0.1, -0.05) is 18.2 Å². The summed E-state index contributed by atoms with van der Waals surface area (Å²) in [7, 11) is -3.90. The SMILES string of the molecule is Cc1ccccc1S(=O)(=O)Nc1cc(C(=O)O)cnc1N1CCC[C@H](CN2CCCC2)C1. The average Bonchev–Trinajstić information content (AvgIpc) is 3.27. The van der Waals surface area contributed by atoms with Crippen LogP contribution in [-0.2, 0) is 10.0 Å². The van der Waals surface area contributed by atoms with Crippen molar-refractivity contribution in [2.45, 2.75) is 37.5 Å². The summed E-state index contributed by atoms with van der Waals surface area (Å²) in [4.78, 5) is 20.7. The fourth-order valence-corrected chi connectivity index (χ4v) is 6.00. The van der Waals surface area contributed by atoms with Gasteiger partial charge in [0, 0.05) is 25.8 Å². The van der Waals surface area contributed by atoms with Crippen LogP contribution in [0.3, 0.4) is 0 Å². The second kappa shape index (κ2) is 9.46. The summed E-state index contributed by atoms with van der Waals surface area (Å²) in [5.41, 5.74) is 0.768. The molecule has 1 aromatic heterocycles. The van der Waals surface area contributed by atoms with Crippen molar-refractivity contribution in [1.82, 2.24) is 9.88 Å². The van der Waals surface area contributed by atoms with Gasteiger partial charge in [-0.2, -0.15) is 0 Å². The molecule has 0 saturated carbocycles. The minimum absolute atomic E-state index is 0.0538. The van der Waals surface area contributed by atoms with E-state index >= 15 is 0 Å². The number of sulfonamides is 1. The van der Waals surface area contributed by atoms with E-state index in [1.54, 1.807) is 31.2 Å². The molecule has 1 atom stereocenters. The van der Waals surface area contributed by atoms with Gasteiger partial charge in [0.1, 0.15) is 0 Å². The number of carboxylic acid groups (broad SMARTS) is 1. The molecule has 4 rings (SSSR count). The van der Waals surface area contributed by atoms with Gasteiger partial charge in [-0.05, 0) is 69.3 Å². The van der Waals surface area contributed by atoms with Crippen molar-refractivity contribution in [2.75, 3.05) is 42.3 Å². The molecule has 3 heterocycles. The Hall–Kier alpha value is -2.65. The number of aryl methyl sites for hydroxylation is 1. The van der Waals surface area contributed by atoms with Crippen LogP contribution in [0.1, 0.15) is 41.6 Å². The number of nitrogens with zero attached hydrogens (tertiary/aromatic N) is 3. The highest BCUT2D eigenvalue weighted by Crippen LogP contribution is 2.31. The lowest BCUT2D eigenvalue weighted by atomic mass is 9.97. The molecule has 0 unspecified atom stereocenters. The van der Waals surface area contributed by atoms with E-state index in [-0.39, 0.29) is 16.1 Å². The number of nitrogens with one attached hydrogen (secondary N) is 1. The molecule has 32 heavy (non-hydrogen) atoms. The smallest absolute Gasteiger partial charge is 0.337 e. The summed E-state index contributed by atoms with van der Waals surface area (Å²) >= 11 is 0. The highest BCUT2D eigenvalue weighted by molar-refractivity contribution is 7.92. The maximum Gasteiger partial charge on any atom is 0.337 e. The van der Waals surface area contributed by atoms with E-state index in [9.17, 15) is 18.3 Å². The Morgan fingerprint density at radius 1 is 1.19 bits per heavy atom. The summed E-state index contributed by atoms with van der Waals surface area (Å²) in [5.74, 6) is -0.187. The van der Waals surface area contributed by atoms with Gasteiger partial charge >= 0.3 is 5.97 Å². The molecule has 1 aromatic carbocycles. The van der Waals surface area contributed by atoms with Crippen LogP contribution in [0.5, 0.6) is 0 Å². The van der Waals surface area contributed by atoms with Crippen LogP contribution in [0.2, 0.25) is 0 Å². The lowest BCUT2D eigenvalue weighted by molar-refractivity contribution is 0.0696. The molecular weight excluding hydrogens is 428 g/mol. The largest absolute Gasteiger partial charge is 0.478 e. The van der Waals surface area contributed by atoms with Crippen LogP contribution in [0, 0.1) is 12.8 Å². The van der Waals surface area contributed by atoms with E-state index in [1.807, 2.05) is 0 Å². The Morgan fingerprint density at radius 3 is 2.66 bits per heavy atom. The predicted molar refractivity (Wildman–Crippen MR) is 124 cm³/mol. The summed E-state index contributed by atoms with van der Waals surface area (Å²) in [5, 5.41) is 9.44. The summed E-state index contributed by atoms with van der Waals surface area (Å²) < 4.78 is 28.9. The van der Waals surface area contributed by atoms with E-state index in [4.69, 9.17) is 0 Å². The Kier molecular flexibility index (Phi) is 6.66. The van der Waals surface area contributed by atoms with Crippen LogP contribution in [0.15, 0.2) is 41.4 Å². The van der Waals surface area contributed by atoms with E-state index in [0.717, 1.165) is 45.6 Å². The molecule has 2 aliphatic heterocycles. The van der Waals surface area contributed by atoms with E-state index in [0.29, 0.717) is 17.3 Å². The van der Waals surface area contributed by atoms with Crippen molar-refractivity contribution in [2.24, 2.45) is 5.92 Å². The molecule has 2 N–H and O–H groups in total. The number of piperidine rings is 1. The molecule has 0 bridgehead atoms. The van der Waals surface area contributed by atoms with Crippen molar-refractivity contribution in [3.63, 3.8) is 0 Å². The predicted octanol–water partition coefficient (Wildman–Crippen LogP) is 3.20. The van der Waals surface area contributed by atoms with Gasteiger partial charge in [-0.3, -0.25) is 4.72 Å². The number of rotatable bonds is 7. The molecule has 0 aliphatic carbocycles. The number of benzene rings is 1. The van der Waals surface area contributed by atoms with Gasteiger partial charge in [0.15, 0.2) is 5.82 Å². The molecule has 2 aromatic rings. The second-order valence-corrected chi connectivity index (χ2v) is 10.4. The minimum Gasteiger partial charge on any atom is -0.478 e. The lowest BCUT2D eigenvalue weighted by Gasteiger charge is -2.36. The quantitative estimate of drug-likeness (QED) is 0.657. The van der Waals surface area contributed by atoms with Crippen LogP contribution in [0.4, 0.5) is 11.5 Å². The lowest BCUT2D eigenvalue weighted by Crippen LogP contribution is -2.41. The number of hydrogen-bond donors (Lipinski definition) is 2. The normalized spacial score (nSPS) is 19.8. The third kappa shape index (κ3) is 5.05. The van der Waals surface area contributed by atoms with Crippen LogP contribution >= 0.6 is 0 Å². The fourth-order valence-electron chi connectivity index (χ4n) is 4.70. The number of aromatic nitrogens is 1. The summed E-state index contributed by atoms with van der Waals surface area (Å²) in [6.07, 6.45) is 5.92. The van der Waals surface area contributed by atoms with Crippen molar-refractivity contribution < 1.29 is 18.3 Å². The van der Waals surface area contributed by atoms with Gasteiger partial charge in [0.05, 0.1) is 16.1 Å². The molecular formula is C23H30N4O4S. The molecule has 2 saturated heterocycles. The monoisotopic (exact) mass is 458 g/mol. The van der Waals surface area contributed by atoms with Gasteiger partial charge in [-0.25, -0.2) is 18.2 Å². The number of carboxylic acids is 1. The molecule has 172 valence electrons. The maximum atomic E-state index is 13.1. The fraction of sp³-hybridized carbons (Fsp3) is 0.478. The molecule has 8 nitrogen and oxygen atoms in total. The first-order valence-electron chi connectivity index (χ1n) is 11.1. The number of aromatic carboxylic acids is 1. The van der Waals surface area contributed by atoms with Crippen LogP contribution in [0.25, 0.3) is 0 Å². The first-order chi connectivity index (χ1) is 15.3. The third-order valence-electron chi connectivity index (χ3n) is 6.27.